The van der Waals surface area contributed by atoms with Crippen molar-refractivity contribution in [1.82, 2.24) is 10.2 Å². The van der Waals surface area contributed by atoms with Crippen molar-refractivity contribution in [3.05, 3.63) is 58.8 Å². The second-order valence-corrected chi connectivity index (χ2v) is 6.43. The van der Waals surface area contributed by atoms with Crippen molar-refractivity contribution in [3.8, 4) is 0 Å². The summed E-state index contributed by atoms with van der Waals surface area (Å²) in [6, 6.07) is 11.2. The highest BCUT2D eigenvalue weighted by atomic mass is 16.5. The van der Waals surface area contributed by atoms with Crippen LogP contribution in [0.4, 0.5) is 5.69 Å². The first kappa shape index (κ1) is 17.7. The number of hydrogen-bond acceptors (Lipinski definition) is 4. The van der Waals surface area contributed by atoms with Crippen LogP contribution in [0.3, 0.4) is 0 Å². The molecule has 0 saturated carbocycles. The normalized spacial score (nSPS) is 12.0. The number of aromatic nitrogens is 2. The van der Waals surface area contributed by atoms with Gasteiger partial charge in [-0.2, -0.15) is 5.10 Å². The van der Waals surface area contributed by atoms with E-state index >= 15 is 0 Å². The summed E-state index contributed by atoms with van der Waals surface area (Å²) >= 11 is 0. The number of carbonyl (C=O) groups excluding carboxylic acids is 2. The van der Waals surface area contributed by atoms with Crippen LogP contribution in [0.2, 0.25) is 0 Å². The van der Waals surface area contributed by atoms with Gasteiger partial charge in [0.15, 0.2) is 11.8 Å². The number of rotatable bonds is 4. The van der Waals surface area contributed by atoms with E-state index in [9.17, 15) is 9.59 Å². The smallest absolute Gasteiger partial charge is 0.360 e. The number of esters is 1. The molecule has 0 fully saturated rings. The SMILES string of the molecule is Cc1cc(C)c(NC(=O)[C@H](C)OC(=O)c2n[nH]c3ccccc23)c(C)c1. The van der Waals surface area contributed by atoms with Gasteiger partial charge in [-0.25, -0.2) is 4.79 Å². The highest BCUT2D eigenvalue weighted by Crippen LogP contribution is 2.22. The molecule has 1 amide bonds. The lowest BCUT2D eigenvalue weighted by Gasteiger charge is -2.16. The van der Waals surface area contributed by atoms with E-state index in [2.05, 4.69) is 15.5 Å². The van der Waals surface area contributed by atoms with Crippen molar-refractivity contribution < 1.29 is 14.3 Å². The summed E-state index contributed by atoms with van der Waals surface area (Å²) in [5.41, 5.74) is 4.71. The second-order valence-electron chi connectivity index (χ2n) is 6.43. The number of nitrogens with zero attached hydrogens (tertiary/aromatic N) is 1. The van der Waals surface area contributed by atoms with E-state index < -0.39 is 12.1 Å². The fourth-order valence-electron chi connectivity index (χ4n) is 2.99. The number of amides is 1. The van der Waals surface area contributed by atoms with E-state index in [1.165, 1.54) is 0 Å². The van der Waals surface area contributed by atoms with Gasteiger partial charge >= 0.3 is 5.97 Å². The van der Waals surface area contributed by atoms with Crippen molar-refractivity contribution in [1.29, 1.82) is 0 Å². The summed E-state index contributed by atoms with van der Waals surface area (Å²) in [7, 11) is 0. The van der Waals surface area contributed by atoms with Gasteiger partial charge < -0.3 is 10.1 Å². The van der Waals surface area contributed by atoms with Crippen molar-refractivity contribution in [2.45, 2.75) is 33.8 Å². The van der Waals surface area contributed by atoms with Crippen LogP contribution in [-0.4, -0.2) is 28.2 Å². The zero-order valence-electron chi connectivity index (χ0n) is 15.2. The molecule has 6 nitrogen and oxygen atoms in total. The number of ether oxygens (including phenoxy) is 1. The minimum Gasteiger partial charge on any atom is -0.448 e. The fourth-order valence-corrected chi connectivity index (χ4v) is 2.99. The van der Waals surface area contributed by atoms with E-state index in [1.54, 1.807) is 13.0 Å². The third kappa shape index (κ3) is 3.44. The van der Waals surface area contributed by atoms with Crippen LogP contribution in [0.25, 0.3) is 10.9 Å². The predicted molar refractivity (Wildman–Crippen MR) is 100 cm³/mol. The van der Waals surface area contributed by atoms with Gasteiger partial charge in [-0.05, 0) is 44.9 Å². The van der Waals surface area contributed by atoms with Crippen LogP contribution in [0.1, 0.15) is 34.1 Å². The number of aryl methyl sites for hydroxylation is 3. The topological polar surface area (TPSA) is 84.1 Å². The largest absolute Gasteiger partial charge is 0.448 e. The Morgan fingerprint density at radius 3 is 2.46 bits per heavy atom. The molecule has 26 heavy (non-hydrogen) atoms. The molecule has 2 aromatic carbocycles. The fraction of sp³-hybridized carbons (Fsp3) is 0.250. The van der Waals surface area contributed by atoms with E-state index in [0.29, 0.717) is 5.39 Å². The number of carbonyl (C=O) groups is 2. The molecular weight excluding hydrogens is 330 g/mol. The number of fused-ring (bicyclic) bond motifs is 1. The number of nitrogens with one attached hydrogen (secondary N) is 2. The summed E-state index contributed by atoms with van der Waals surface area (Å²) in [4.78, 5) is 24.8. The van der Waals surface area contributed by atoms with E-state index in [1.807, 2.05) is 51.1 Å². The van der Waals surface area contributed by atoms with Gasteiger partial charge in [0.25, 0.3) is 5.91 Å². The zero-order valence-corrected chi connectivity index (χ0v) is 15.2. The first-order valence-corrected chi connectivity index (χ1v) is 8.39. The molecule has 0 saturated heterocycles. The minimum absolute atomic E-state index is 0.169. The maximum atomic E-state index is 12.5. The monoisotopic (exact) mass is 351 g/mol. The van der Waals surface area contributed by atoms with Gasteiger partial charge in [-0.3, -0.25) is 9.89 Å². The second kappa shape index (κ2) is 7.00. The average Bonchev–Trinajstić information content (AvgIpc) is 3.02. The summed E-state index contributed by atoms with van der Waals surface area (Å²) in [6.07, 6.45) is -0.946. The molecule has 134 valence electrons. The first-order valence-electron chi connectivity index (χ1n) is 8.39. The minimum atomic E-state index is -0.946. The Morgan fingerprint density at radius 1 is 1.12 bits per heavy atom. The summed E-state index contributed by atoms with van der Waals surface area (Å²) in [5.74, 6) is -1.02. The van der Waals surface area contributed by atoms with E-state index in [4.69, 9.17) is 4.74 Å². The lowest BCUT2D eigenvalue weighted by Crippen LogP contribution is -2.30. The molecule has 0 radical (unpaired) electrons. The highest BCUT2D eigenvalue weighted by Gasteiger charge is 2.23. The lowest BCUT2D eigenvalue weighted by molar-refractivity contribution is -0.123. The zero-order chi connectivity index (χ0) is 18.8. The summed E-state index contributed by atoms with van der Waals surface area (Å²) < 4.78 is 5.31. The number of H-pyrrole nitrogens is 1. The molecule has 3 rings (SSSR count). The maximum absolute atomic E-state index is 12.5. The van der Waals surface area contributed by atoms with Crippen molar-refractivity contribution in [3.63, 3.8) is 0 Å². The predicted octanol–water partition coefficient (Wildman–Crippen LogP) is 3.67. The van der Waals surface area contributed by atoms with E-state index in [0.717, 1.165) is 27.9 Å². The molecule has 0 bridgehead atoms. The molecule has 3 aromatic rings. The average molecular weight is 351 g/mol. The molecule has 0 unspecified atom stereocenters. The third-order valence-electron chi connectivity index (χ3n) is 4.24. The Bertz CT molecular complexity index is 968. The quantitative estimate of drug-likeness (QED) is 0.703. The molecule has 1 heterocycles. The van der Waals surface area contributed by atoms with Crippen LogP contribution in [0, 0.1) is 20.8 Å². The van der Waals surface area contributed by atoms with E-state index in [-0.39, 0.29) is 11.6 Å². The number of hydrogen-bond donors (Lipinski definition) is 2. The van der Waals surface area contributed by atoms with Gasteiger partial charge in [-0.15, -0.1) is 0 Å². The van der Waals surface area contributed by atoms with Gasteiger partial charge in [0.2, 0.25) is 0 Å². The molecule has 0 aliphatic rings. The number of aromatic amines is 1. The lowest BCUT2D eigenvalue weighted by atomic mass is 10.0. The molecule has 2 N–H and O–H groups in total. The Morgan fingerprint density at radius 2 is 1.77 bits per heavy atom. The molecule has 0 aliphatic carbocycles. The Labute approximate surface area is 151 Å². The molecule has 1 aromatic heterocycles. The third-order valence-corrected chi connectivity index (χ3v) is 4.24. The van der Waals surface area contributed by atoms with Crippen LogP contribution < -0.4 is 5.32 Å². The van der Waals surface area contributed by atoms with Crippen LogP contribution in [0.5, 0.6) is 0 Å². The summed E-state index contributed by atoms with van der Waals surface area (Å²) in [5, 5.41) is 10.3. The molecule has 6 heteroatoms. The van der Waals surface area contributed by atoms with Crippen LogP contribution >= 0.6 is 0 Å². The molecule has 1 atom stereocenters. The van der Waals surface area contributed by atoms with Gasteiger partial charge in [0, 0.05) is 11.1 Å². The van der Waals surface area contributed by atoms with Crippen molar-refractivity contribution >= 4 is 28.5 Å². The maximum Gasteiger partial charge on any atom is 0.360 e. The molecule has 0 spiro atoms. The Balaban J connectivity index is 1.72. The van der Waals surface area contributed by atoms with Gasteiger partial charge in [-0.1, -0.05) is 35.9 Å². The highest BCUT2D eigenvalue weighted by molar-refractivity contribution is 6.03. The van der Waals surface area contributed by atoms with Gasteiger partial charge in [0.05, 0.1) is 5.52 Å². The number of para-hydroxylation sites is 1. The van der Waals surface area contributed by atoms with Crippen molar-refractivity contribution in [2.75, 3.05) is 5.32 Å². The molecular formula is C20H21N3O3. The molecule has 0 aliphatic heterocycles. The van der Waals surface area contributed by atoms with Crippen molar-refractivity contribution in [2.24, 2.45) is 0 Å². The first-order chi connectivity index (χ1) is 12.4. The van der Waals surface area contributed by atoms with Crippen LogP contribution in [-0.2, 0) is 9.53 Å². The standard InChI is InChI=1S/C20H21N3O3/c1-11-9-12(2)17(13(3)10-11)21-19(24)14(4)26-20(25)18-15-7-5-6-8-16(15)22-23-18/h5-10,14H,1-4H3,(H,21,24)(H,22,23)/t14-/m0/s1. The number of anilines is 1. The Hall–Kier alpha value is -3.15. The summed E-state index contributed by atoms with van der Waals surface area (Å²) in [6.45, 7) is 7.41. The Kier molecular flexibility index (Phi) is 4.75. The van der Waals surface area contributed by atoms with Gasteiger partial charge in [0.1, 0.15) is 0 Å². The van der Waals surface area contributed by atoms with Crippen LogP contribution in [0.15, 0.2) is 36.4 Å². The number of benzene rings is 2.